The predicted octanol–water partition coefficient (Wildman–Crippen LogP) is 2.98. The molecule has 0 saturated carbocycles. The Bertz CT molecular complexity index is 661. The van der Waals surface area contributed by atoms with Gasteiger partial charge in [0.05, 0.1) is 0 Å². The SMILES string of the molecule is Bc1ccc2c(c1)C(C)(C)C=C2c1ccc(C)cc1. The van der Waals surface area contributed by atoms with E-state index in [0.717, 1.165) is 0 Å². The number of aryl methyl sites for hydroxylation is 1. The molecule has 0 amide bonds. The summed E-state index contributed by atoms with van der Waals surface area (Å²) in [7, 11) is 2.17. The van der Waals surface area contributed by atoms with Crippen molar-refractivity contribution in [1.29, 1.82) is 0 Å². The van der Waals surface area contributed by atoms with Gasteiger partial charge in [-0.25, -0.2) is 0 Å². The largest absolute Gasteiger partial charge is 0.139 e. The number of benzene rings is 2. The summed E-state index contributed by atoms with van der Waals surface area (Å²) in [6, 6.07) is 15.6. The fourth-order valence-corrected chi connectivity index (χ4v) is 2.91. The number of allylic oxidation sites excluding steroid dienone is 1. The summed E-state index contributed by atoms with van der Waals surface area (Å²) in [5, 5.41) is 0. The molecule has 0 nitrogen and oxygen atoms in total. The molecule has 1 aliphatic rings. The van der Waals surface area contributed by atoms with Gasteiger partial charge in [0.2, 0.25) is 0 Å². The average molecular weight is 246 g/mol. The minimum Gasteiger partial charge on any atom is -0.0886 e. The van der Waals surface area contributed by atoms with E-state index >= 15 is 0 Å². The molecule has 0 atom stereocenters. The number of hydrogen-bond donors (Lipinski definition) is 0. The first kappa shape index (κ1) is 12.3. The van der Waals surface area contributed by atoms with Gasteiger partial charge in [0.1, 0.15) is 7.85 Å². The van der Waals surface area contributed by atoms with Crippen LogP contribution in [-0.4, -0.2) is 7.85 Å². The maximum atomic E-state index is 2.40. The van der Waals surface area contributed by atoms with Crippen LogP contribution < -0.4 is 5.46 Å². The van der Waals surface area contributed by atoms with Gasteiger partial charge in [-0.15, -0.1) is 0 Å². The summed E-state index contributed by atoms with van der Waals surface area (Å²) in [6.45, 7) is 6.73. The van der Waals surface area contributed by atoms with Crippen LogP contribution in [0.1, 0.15) is 36.1 Å². The Balaban J connectivity index is 2.17. The third kappa shape index (κ3) is 2.04. The molecule has 3 rings (SSSR count). The molecule has 0 radical (unpaired) electrons. The van der Waals surface area contributed by atoms with E-state index in [4.69, 9.17) is 0 Å². The van der Waals surface area contributed by atoms with Crippen LogP contribution in [0.15, 0.2) is 48.5 Å². The number of fused-ring (bicyclic) bond motifs is 1. The fourth-order valence-electron chi connectivity index (χ4n) is 2.91. The van der Waals surface area contributed by atoms with Crippen LogP contribution in [0.2, 0.25) is 0 Å². The van der Waals surface area contributed by atoms with Gasteiger partial charge in [-0.1, -0.05) is 73.4 Å². The lowest BCUT2D eigenvalue weighted by atomic mass is 9.83. The first-order valence-corrected chi connectivity index (χ1v) is 6.89. The lowest BCUT2D eigenvalue weighted by Gasteiger charge is -2.17. The third-order valence-corrected chi connectivity index (χ3v) is 4.03. The molecular formula is C18H19B. The van der Waals surface area contributed by atoms with E-state index < -0.39 is 0 Å². The van der Waals surface area contributed by atoms with Crippen molar-refractivity contribution in [2.24, 2.45) is 0 Å². The smallest absolute Gasteiger partial charge is 0.0886 e. The topological polar surface area (TPSA) is 0 Å². The van der Waals surface area contributed by atoms with Crippen molar-refractivity contribution in [3.05, 3.63) is 70.8 Å². The second kappa shape index (κ2) is 4.13. The first-order valence-electron chi connectivity index (χ1n) is 6.89. The normalized spacial score (nSPS) is 16.1. The molecule has 2 aromatic carbocycles. The summed E-state index contributed by atoms with van der Waals surface area (Å²) >= 11 is 0. The lowest BCUT2D eigenvalue weighted by Crippen LogP contribution is -2.14. The molecule has 1 heteroatoms. The zero-order valence-corrected chi connectivity index (χ0v) is 12.1. The van der Waals surface area contributed by atoms with Gasteiger partial charge in [-0.3, -0.25) is 0 Å². The lowest BCUT2D eigenvalue weighted by molar-refractivity contribution is 0.684. The van der Waals surface area contributed by atoms with Crippen LogP contribution in [0.3, 0.4) is 0 Å². The number of hydrogen-bond acceptors (Lipinski definition) is 0. The van der Waals surface area contributed by atoms with E-state index in [1.165, 1.54) is 33.3 Å². The van der Waals surface area contributed by atoms with Crippen LogP contribution in [0.25, 0.3) is 5.57 Å². The molecule has 19 heavy (non-hydrogen) atoms. The third-order valence-electron chi connectivity index (χ3n) is 4.03. The van der Waals surface area contributed by atoms with Crippen molar-refractivity contribution in [2.45, 2.75) is 26.2 Å². The van der Waals surface area contributed by atoms with Crippen molar-refractivity contribution in [3.63, 3.8) is 0 Å². The first-order chi connectivity index (χ1) is 8.97. The molecule has 0 aromatic heterocycles. The Hall–Kier alpha value is -1.76. The van der Waals surface area contributed by atoms with Crippen LogP contribution in [0.4, 0.5) is 0 Å². The molecule has 0 heterocycles. The van der Waals surface area contributed by atoms with Gasteiger partial charge in [0.15, 0.2) is 0 Å². The van der Waals surface area contributed by atoms with Gasteiger partial charge < -0.3 is 0 Å². The Kier molecular flexibility index (Phi) is 2.67. The van der Waals surface area contributed by atoms with Crippen molar-refractivity contribution in [1.82, 2.24) is 0 Å². The van der Waals surface area contributed by atoms with E-state index in [0.29, 0.717) is 0 Å². The summed E-state index contributed by atoms with van der Waals surface area (Å²) in [5.74, 6) is 0. The summed E-state index contributed by atoms with van der Waals surface area (Å²) in [4.78, 5) is 0. The molecule has 94 valence electrons. The Morgan fingerprint density at radius 1 is 0.947 bits per heavy atom. The second-order valence-corrected chi connectivity index (χ2v) is 6.19. The second-order valence-electron chi connectivity index (χ2n) is 6.19. The highest BCUT2D eigenvalue weighted by molar-refractivity contribution is 6.32. The van der Waals surface area contributed by atoms with Crippen LogP contribution in [-0.2, 0) is 5.41 Å². The van der Waals surface area contributed by atoms with E-state index in [9.17, 15) is 0 Å². The van der Waals surface area contributed by atoms with Crippen molar-refractivity contribution in [2.75, 3.05) is 0 Å². The molecule has 0 saturated heterocycles. The molecule has 0 N–H and O–H groups in total. The molecule has 0 unspecified atom stereocenters. The van der Waals surface area contributed by atoms with Crippen molar-refractivity contribution < 1.29 is 0 Å². The molecule has 0 fully saturated rings. The highest BCUT2D eigenvalue weighted by Crippen LogP contribution is 2.42. The van der Waals surface area contributed by atoms with Gasteiger partial charge in [0.25, 0.3) is 0 Å². The predicted molar refractivity (Wildman–Crippen MR) is 85.9 cm³/mol. The van der Waals surface area contributed by atoms with Gasteiger partial charge in [-0.05, 0) is 29.2 Å². The fraction of sp³-hybridized carbons (Fsp3) is 0.222. The Labute approximate surface area is 116 Å². The summed E-state index contributed by atoms with van der Waals surface area (Å²) < 4.78 is 0. The Morgan fingerprint density at radius 2 is 1.63 bits per heavy atom. The quantitative estimate of drug-likeness (QED) is 0.678. The molecule has 0 aliphatic heterocycles. The van der Waals surface area contributed by atoms with Crippen molar-refractivity contribution >= 4 is 18.9 Å². The van der Waals surface area contributed by atoms with Gasteiger partial charge >= 0.3 is 0 Å². The standard InChI is InChI=1S/C18H19B/c1-12-4-6-13(7-5-12)16-11-18(2,3)17-10-14(19)8-9-15(16)17/h4-11H,19H2,1-3H3. The molecule has 1 aliphatic carbocycles. The van der Waals surface area contributed by atoms with Gasteiger partial charge in [0, 0.05) is 5.41 Å². The highest BCUT2D eigenvalue weighted by atomic mass is 14.3. The molecular weight excluding hydrogens is 227 g/mol. The molecule has 0 bridgehead atoms. The van der Waals surface area contributed by atoms with E-state index in [1.54, 1.807) is 0 Å². The summed E-state index contributed by atoms with van der Waals surface area (Å²) in [6.07, 6.45) is 2.40. The van der Waals surface area contributed by atoms with E-state index in [1.807, 2.05) is 0 Å². The summed E-state index contributed by atoms with van der Waals surface area (Å²) in [5.41, 5.74) is 8.31. The minimum atomic E-state index is 0.127. The zero-order chi connectivity index (χ0) is 13.6. The minimum absolute atomic E-state index is 0.127. The number of rotatable bonds is 1. The van der Waals surface area contributed by atoms with Crippen LogP contribution >= 0.6 is 0 Å². The maximum Gasteiger partial charge on any atom is 0.139 e. The maximum absolute atomic E-state index is 2.40. The van der Waals surface area contributed by atoms with Crippen molar-refractivity contribution in [3.8, 4) is 0 Å². The molecule has 2 aromatic rings. The van der Waals surface area contributed by atoms with Crippen LogP contribution in [0, 0.1) is 6.92 Å². The highest BCUT2D eigenvalue weighted by Gasteiger charge is 2.30. The monoisotopic (exact) mass is 246 g/mol. The Morgan fingerprint density at radius 3 is 2.32 bits per heavy atom. The average Bonchev–Trinajstić information content (AvgIpc) is 2.62. The van der Waals surface area contributed by atoms with Crippen LogP contribution in [0.5, 0.6) is 0 Å². The molecule has 0 spiro atoms. The van der Waals surface area contributed by atoms with E-state index in [2.05, 4.69) is 77.2 Å². The van der Waals surface area contributed by atoms with Gasteiger partial charge in [-0.2, -0.15) is 0 Å². The van der Waals surface area contributed by atoms with E-state index in [-0.39, 0.29) is 5.41 Å². The zero-order valence-electron chi connectivity index (χ0n) is 12.1.